The fourth-order valence-electron chi connectivity index (χ4n) is 0.551. The standard InChI is InChI=1S/C8H13NO/c1-6(2)4-8(10)5-7(3)9/h4-5H,9H2,1-3H3. The Balaban J connectivity index is 4.14. The highest BCUT2D eigenvalue weighted by atomic mass is 16.1. The van der Waals surface area contributed by atoms with Crippen molar-refractivity contribution in [2.45, 2.75) is 20.8 Å². The van der Waals surface area contributed by atoms with Gasteiger partial charge in [-0.25, -0.2) is 0 Å². The topological polar surface area (TPSA) is 43.1 Å². The number of hydrogen-bond acceptors (Lipinski definition) is 2. The zero-order chi connectivity index (χ0) is 8.15. The van der Waals surface area contributed by atoms with E-state index in [2.05, 4.69) is 0 Å². The fourth-order valence-corrected chi connectivity index (χ4v) is 0.551. The molecule has 10 heavy (non-hydrogen) atoms. The third-order valence-electron chi connectivity index (χ3n) is 0.801. The quantitative estimate of drug-likeness (QED) is 0.587. The van der Waals surface area contributed by atoms with Gasteiger partial charge in [-0.15, -0.1) is 0 Å². The first-order valence-corrected chi connectivity index (χ1v) is 3.15. The van der Waals surface area contributed by atoms with Gasteiger partial charge in [0.05, 0.1) is 0 Å². The maximum atomic E-state index is 10.8. The summed E-state index contributed by atoms with van der Waals surface area (Å²) in [7, 11) is 0. The van der Waals surface area contributed by atoms with Crippen LogP contribution in [0.5, 0.6) is 0 Å². The van der Waals surface area contributed by atoms with E-state index in [9.17, 15) is 4.79 Å². The molecule has 0 atom stereocenters. The number of allylic oxidation sites excluding steroid dienone is 4. The zero-order valence-corrected chi connectivity index (χ0v) is 6.64. The van der Waals surface area contributed by atoms with E-state index in [1.807, 2.05) is 13.8 Å². The lowest BCUT2D eigenvalue weighted by Crippen LogP contribution is -1.96. The lowest BCUT2D eigenvalue weighted by Gasteiger charge is -1.88. The number of hydrogen-bond donors (Lipinski definition) is 1. The van der Waals surface area contributed by atoms with Crippen LogP contribution in [0.3, 0.4) is 0 Å². The highest BCUT2D eigenvalue weighted by Crippen LogP contribution is 1.91. The predicted octanol–water partition coefficient (Wildman–Crippen LogP) is 1.38. The maximum absolute atomic E-state index is 10.8. The van der Waals surface area contributed by atoms with E-state index in [1.165, 1.54) is 6.08 Å². The molecule has 0 rings (SSSR count). The number of carbonyl (C=O) groups is 1. The van der Waals surface area contributed by atoms with Crippen molar-refractivity contribution in [3.63, 3.8) is 0 Å². The SMILES string of the molecule is CC(C)=CC(=O)C=C(C)N. The average molecular weight is 139 g/mol. The van der Waals surface area contributed by atoms with Gasteiger partial charge < -0.3 is 5.73 Å². The van der Waals surface area contributed by atoms with Crippen molar-refractivity contribution >= 4 is 5.78 Å². The van der Waals surface area contributed by atoms with Gasteiger partial charge in [0.25, 0.3) is 0 Å². The molecule has 2 heteroatoms. The van der Waals surface area contributed by atoms with Crippen molar-refractivity contribution in [1.29, 1.82) is 0 Å². The minimum atomic E-state index is -0.0417. The lowest BCUT2D eigenvalue weighted by atomic mass is 10.2. The van der Waals surface area contributed by atoms with Gasteiger partial charge in [0.2, 0.25) is 0 Å². The Bertz CT molecular complexity index is 161. The van der Waals surface area contributed by atoms with E-state index < -0.39 is 0 Å². The van der Waals surface area contributed by atoms with Gasteiger partial charge >= 0.3 is 0 Å². The molecule has 0 fully saturated rings. The van der Waals surface area contributed by atoms with Gasteiger partial charge in [-0.05, 0) is 26.8 Å². The fraction of sp³-hybridized carbons (Fsp3) is 0.375. The van der Waals surface area contributed by atoms with Crippen LogP contribution in [0.1, 0.15) is 20.8 Å². The van der Waals surface area contributed by atoms with Crippen LogP contribution in [0, 0.1) is 0 Å². The molecule has 0 aromatic rings. The van der Waals surface area contributed by atoms with Gasteiger partial charge in [-0.2, -0.15) is 0 Å². The van der Waals surface area contributed by atoms with Crippen LogP contribution in [-0.4, -0.2) is 5.78 Å². The van der Waals surface area contributed by atoms with Crippen molar-refractivity contribution < 1.29 is 4.79 Å². The lowest BCUT2D eigenvalue weighted by molar-refractivity contribution is -0.110. The molecule has 0 aliphatic carbocycles. The molecule has 0 aliphatic heterocycles. The summed E-state index contributed by atoms with van der Waals surface area (Å²) in [6.07, 6.45) is 2.96. The van der Waals surface area contributed by atoms with Gasteiger partial charge in [-0.3, -0.25) is 4.79 Å². The largest absolute Gasteiger partial charge is 0.402 e. The highest BCUT2D eigenvalue weighted by Gasteiger charge is 1.89. The Morgan fingerprint density at radius 1 is 1.20 bits per heavy atom. The summed E-state index contributed by atoms with van der Waals surface area (Å²) in [4.78, 5) is 10.8. The summed E-state index contributed by atoms with van der Waals surface area (Å²) in [6, 6.07) is 0. The van der Waals surface area contributed by atoms with E-state index in [-0.39, 0.29) is 5.78 Å². The van der Waals surface area contributed by atoms with Crippen LogP contribution >= 0.6 is 0 Å². The van der Waals surface area contributed by atoms with Crippen LogP contribution in [0.15, 0.2) is 23.4 Å². The average Bonchev–Trinajstić information content (AvgIpc) is 1.58. The first-order valence-electron chi connectivity index (χ1n) is 3.15. The predicted molar refractivity (Wildman–Crippen MR) is 42.4 cm³/mol. The molecule has 56 valence electrons. The van der Waals surface area contributed by atoms with Crippen LogP contribution < -0.4 is 5.73 Å². The second kappa shape index (κ2) is 3.88. The van der Waals surface area contributed by atoms with Gasteiger partial charge in [0, 0.05) is 11.8 Å². The zero-order valence-electron chi connectivity index (χ0n) is 6.64. The first-order chi connectivity index (χ1) is 4.52. The molecule has 0 heterocycles. The van der Waals surface area contributed by atoms with E-state index in [0.717, 1.165) is 5.57 Å². The van der Waals surface area contributed by atoms with Crippen LogP contribution in [-0.2, 0) is 4.79 Å². The molecule has 0 aromatic carbocycles. The summed E-state index contributed by atoms with van der Waals surface area (Å²) < 4.78 is 0. The van der Waals surface area contributed by atoms with E-state index >= 15 is 0 Å². The summed E-state index contributed by atoms with van der Waals surface area (Å²) in [6.45, 7) is 5.44. The third-order valence-corrected chi connectivity index (χ3v) is 0.801. The minimum absolute atomic E-state index is 0.0417. The molecule has 0 spiro atoms. The molecule has 0 radical (unpaired) electrons. The molecule has 0 aromatic heterocycles. The van der Waals surface area contributed by atoms with Crippen molar-refractivity contribution in [2.24, 2.45) is 5.73 Å². The minimum Gasteiger partial charge on any atom is -0.402 e. The molecule has 0 aliphatic rings. The Morgan fingerprint density at radius 2 is 1.70 bits per heavy atom. The molecule has 0 unspecified atom stereocenters. The number of rotatable bonds is 2. The smallest absolute Gasteiger partial charge is 0.180 e. The van der Waals surface area contributed by atoms with Gasteiger partial charge in [0.1, 0.15) is 0 Å². The molecular formula is C8H13NO. The molecule has 0 saturated heterocycles. The second-order valence-corrected chi connectivity index (χ2v) is 2.51. The second-order valence-electron chi connectivity index (χ2n) is 2.51. The van der Waals surface area contributed by atoms with Crippen molar-refractivity contribution in [3.05, 3.63) is 23.4 Å². The van der Waals surface area contributed by atoms with Crippen LogP contribution in [0.4, 0.5) is 0 Å². The summed E-state index contributed by atoms with van der Waals surface area (Å²) >= 11 is 0. The Kier molecular flexibility index (Phi) is 3.47. The summed E-state index contributed by atoms with van der Waals surface area (Å²) in [5.41, 5.74) is 6.81. The monoisotopic (exact) mass is 139 g/mol. The number of nitrogens with two attached hydrogens (primary N) is 1. The molecule has 2 N–H and O–H groups in total. The number of carbonyl (C=O) groups excluding carboxylic acids is 1. The molecule has 2 nitrogen and oxygen atoms in total. The van der Waals surface area contributed by atoms with Crippen LogP contribution in [0.25, 0.3) is 0 Å². The van der Waals surface area contributed by atoms with Crippen molar-refractivity contribution in [3.8, 4) is 0 Å². The Hall–Kier alpha value is -1.05. The Morgan fingerprint density at radius 3 is 2.00 bits per heavy atom. The first kappa shape index (κ1) is 8.95. The maximum Gasteiger partial charge on any atom is 0.180 e. The normalized spacial score (nSPS) is 10.9. The van der Waals surface area contributed by atoms with E-state index in [1.54, 1.807) is 13.0 Å². The van der Waals surface area contributed by atoms with Gasteiger partial charge in [0.15, 0.2) is 5.78 Å². The Labute approximate surface area is 61.4 Å². The van der Waals surface area contributed by atoms with E-state index in [0.29, 0.717) is 5.70 Å². The van der Waals surface area contributed by atoms with Gasteiger partial charge in [-0.1, -0.05) is 5.57 Å². The molecule has 0 bridgehead atoms. The molecule has 0 amide bonds. The number of ketones is 1. The molecule has 0 saturated carbocycles. The van der Waals surface area contributed by atoms with Crippen molar-refractivity contribution in [2.75, 3.05) is 0 Å². The highest BCUT2D eigenvalue weighted by molar-refractivity contribution is 5.99. The summed E-state index contributed by atoms with van der Waals surface area (Å²) in [5.74, 6) is -0.0417. The van der Waals surface area contributed by atoms with Crippen molar-refractivity contribution in [1.82, 2.24) is 0 Å². The van der Waals surface area contributed by atoms with E-state index in [4.69, 9.17) is 5.73 Å². The molecular weight excluding hydrogens is 126 g/mol. The van der Waals surface area contributed by atoms with Crippen LogP contribution in [0.2, 0.25) is 0 Å². The summed E-state index contributed by atoms with van der Waals surface area (Å²) in [5, 5.41) is 0. The third kappa shape index (κ3) is 5.09.